The minimum Gasteiger partial charge on any atom is -0.446 e. The number of hydrogen-bond acceptors (Lipinski definition) is 6. The number of halogens is 1. The van der Waals surface area contributed by atoms with Gasteiger partial charge in [0.1, 0.15) is 12.1 Å². The Balaban J connectivity index is 1.19. The van der Waals surface area contributed by atoms with Crippen LogP contribution in [0.4, 0.5) is 4.79 Å². The number of carbonyl (C=O) groups excluding carboxylic acids is 2. The molecule has 3 aromatic rings. The number of ether oxygens (including phenoxy) is 1. The van der Waals surface area contributed by atoms with Crippen molar-refractivity contribution in [3.05, 3.63) is 82.7 Å². The van der Waals surface area contributed by atoms with Gasteiger partial charge in [-0.05, 0) is 99.1 Å². The van der Waals surface area contributed by atoms with Crippen molar-refractivity contribution < 1.29 is 14.3 Å². The van der Waals surface area contributed by atoms with E-state index in [9.17, 15) is 9.59 Å². The van der Waals surface area contributed by atoms with Gasteiger partial charge in [0, 0.05) is 62.4 Å². The summed E-state index contributed by atoms with van der Waals surface area (Å²) in [5.74, 6) is 0.0341. The van der Waals surface area contributed by atoms with Crippen molar-refractivity contribution in [3.8, 4) is 0 Å². The molecule has 10 heteroatoms. The van der Waals surface area contributed by atoms with E-state index in [2.05, 4.69) is 37.5 Å². The topological polar surface area (TPSA) is 83.8 Å². The Hall–Kier alpha value is -3.43. The molecule has 3 atom stereocenters. The van der Waals surface area contributed by atoms with E-state index in [-0.39, 0.29) is 30.2 Å². The molecule has 1 aromatic carbocycles. The second-order valence-corrected chi connectivity index (χ2v) is 13.8. The maximum absolute atomic E-state index is 14.8. The first-order valence-corrected chi connectivity index (χ1v) is 17.6. The molecule has 2 aliphatic heterocycles. The molecule has 244 valence electrons. The van der Waals surface area contributed by atoms with E-state index < -0.39 is 6.04 Å². The molecule has 1 saturated carbocycles. The Labute approximate surface area is 276 Å². The first-order chi connectivity index (χ1) is 22.5. The zero-order chi connectivity index (χ0) is 31.5. The minimum absolute atomic E-state index is 0.0341. The Bertz CT molecular complexity index is 1510. The third-order valence-corrected chi connectivity index (χ3v) is 10.8. The van der Waals surface area contributed by atoms with Gasteiger partial charge in [0.05, 0.1) is 18.1 Å². The summed E-state index contributed by atoms with van der Waals surface area (Å²) >= 11 is 6.49. The number of nitrogens with zero attached hydrogens (tertiary/aromatic N) is 6. The number of pyridine rings is 1. The molecule has 2 aliphatic carbocycles. The van der Waals surface area contributed by atoms with Crippen LogP contribution in [0.1, 0.15) is 86.2 Å². The fraction of sp³-hybridized carbons (Fsp3) is 0.556. The Morgan fingerprint density at radius 1 is 0.913 bits per heavy atom. The molecule has 2 unspecified atom stereocenters. The fourth-order valence-corrected chi connectivity index (χ4v) is 8.31. The van der Waals surface area contributed by atoms with E-state index >= 15 is 0 Å². The van der Waals surface area contributed by atoms with Crippen molar-refractivity contribution in [1.82, 2.24) is 29.2 Å². The number of aryl methyl sites for hydroxylation is 3. The molecule has 3 fully saturated rings. The van der Waals surface area contributed by atoms with E-state index in [1.165, 1.54) is 23.1 Å². The minimum atomic E-state index is -0.634. The number of imidazole rings is 1. The molecular formula is C36H45ClN6O3. The molecule has 0 N–H and O–H groups in total. The molecule has 7 rings (SSSR count). The largest absolute Gasteiger partial charge is 0.446 e. The lowest BCUT2D eigenvalue weighted by Gasteiger charge is -2.46. The molecule has 4 aliphatic rings. The van der Waals surface area contributed by atoms with Gasteiger partial charge in [-0.3, -0.25) is 19.6 Å². The maximum atomic E-state index is 14.8. The van der Waals surface area contributed by atoms with Gasteiger partial charge in [0.15, 0.2) is 0 Å². The van der Waals surface area contributed by atoms with E-state index in [4.69, 9.17) is 21.3 Å². The normalized spacial score (nSPS) is 24.2. The summed E-state index contributed by atoms with van der Waals surface area (Å²) in [6.45, 7) is 2.99. The van der Waals surface area contributed by atoms with Crippen molar-refractivity contribution in [2.45, 2.75) is 101 Å². The molecular weight excluding hydrogens is 600 g/mol. The van der Waals surface area contributed by atoms with Gasteiger partial charge in [-0.2, -0.15) is 0 Å². The number of benzene rings is 1. The third kappa shape index (κ3) is 6.67. The van der Waals surface area contributed by atoms with Crippen molar-refractivity contribution >= 4 is 23.6 Å². The summed E-state index contributed by atoms with van der Waals surface area (Å²) in [4.78, 5) is 43.9. The molecule has 2 saturated heterocycles. The maximum Gasteiger partial charge on any atom is 0.410 e. The standard InChI is InChI=1S/C36H45ClN6O3/c37-28-13-14-31-27(23-28)12-11-26-7-6-16-39-33(26)34(31)41-21-22-43(36(45)46-30-9-2-1-3-10-30)32(24-41)35(44)42-18-5-4-8-29(42)15-19-40-20-17-38-25-40/h6-7,13-14,16-17,20,23,25,29-30,32,34H,1-5,8-12,15,18-19,21-22,24H2/t29-,32?,34?/m0/s1. The van der Waals surface area contributed by atoms with Crippen LogP contribution in [0, 0.1) is 0 Å². The van der Waals surface area contributed by atoms with E-state index in [1.54, 1.807) is 11.1 Å². The average molecular weight is 645 g/mol. The zero-order valence-corrected chi connectivity index (χ0v) is 27.4. The smallest absolute Gasteiger partial charge is 0.410 e. The summed E-state index contributed by atoms with van der Waals surface area (Å²) in [7, 11) is 0. The van der Waals surface area contributed by atoms with Crippen molar-refractivity contribution in [2.24, 2.45) is 0 Å². The SMILES string of the molecule is O=C(OC1CCCCC1)N1CCN(C2c3ccc(Cl)cc3CCc3cccnc32)CC1C(=O)N1CCCC[C@H]1CCn1ccnc1. The van der Waals surface area contributed by atoms with Crippen LogP contribution in [0.2, 0.25) is 5.02 Å². The highest BCUT2D eigenvalue weighted by atomic mass is 35.5. The number of amides is 2. The highest BCUT2D eigenvalue weighted by molar-refractivity contribution is 6.30. The predicted octanol–water partition coefficient (Wildman–Crippen LogP) is 6.05. The van der Waals surface area contributed by atoms with Crippen LogP contribution in [0.25, 0.3) is 0 Å². The number of likely N-dealkylation sites (tertiary alicyclic amines) is 1. The Morgan fingerprint density at radius 3 is 2.61 bits per heavy atom. The molecule has 4 heterocycles. The first-order valence-electron chi connectivity index (χ1n) is 17.2. The van der Waals surface area contributed by atoms with E-state index in [1.807, 2.05) is 30.9 Å². The van der Waals surface area contributed by atoms with Gasteiger partial charge in [0.2, 0.25) is 5.91 Å². The highest BCUT2D eigenvalue weighted by Crippen LogP contribution is 2.38. The van der Waals surface area contributed by atoms with Crippen molar-refractivity contribution in [2.75, 3.05) is 26.2 Å². The van der Waals surface area contributed by atoms with Crippen LogP contribution < -0.4 is 0 Å². The van der Waals surface area contributed by atoms with Gasteiger partial charge in [-0.25, -0.2) is 9.78 Å². The molecule has 0 spiro atoms. The average Bonchev–Trinajstić information content (AvgIpc) is 3.56. The summed E-state index contributed by atoms with van der Waals surface area (Å²) < 4.78 is 8.19. The lowest BCUT2D eigenvalue weighted by molar-refractivity contribution is -0.143. The molecule has 46 heavy (non-hydrogen) atoms. The van der Waals surface area contributed by atoms with Crippen molar-refractivity contribution in [1.29, 1.82) is 0 Å². The lowest BCUT2D eigenvalue weighted by Crippen LogP contribution is -2.63. The Morgan fingerprint density at radius 2 is 1.76 bits per heavy atom. The van der Waals surface area contributed by atoms with Gasteiger partial charge in [0.25, 0.3) is 0 Å². The van der Waals surface area contributed by atoms with Gasteiger partial charge < -0.3 is 14.2 Å². The zero-order valence-electron chi connectivity index (χ0n) is 26.6. The monoisotopic (exact) mass is 644 g/mol. The number of rotatable bonds is 6. The second-order valence-electron chi connectivity index (χ2n) is 13.4. The first kappa shape index (κ1) is 31.2. The summed E-state index contributed by atoms with van der Waals surface area (Å²) in [5.41, 5.74) is 4.65. The molecule has 0 bridgehead atoms. The Kier molecular flexibility index (Phi) is 9.58. The van der Waals surface area contributed by atoms with Crippen LogP contribution >= 0.6 is 11.6 Å². The number of piperidine rings is 1. The van der Waals surface area contributed by atoms with Gasteiger partial charge >= 0.3 is 6.09 Å². The molecule has 2 aromatic heterocycles. The van der Waals surface area contributed by atoms with Crippen LogP contribution in [0.15, 0.2) is 55.2 Å². The highest BCUT2D eigenvalue weighted by Gasteiger charge is 2.44. The molecule has 0 radical (unpaired) electrons. The summed E-state index contributed by atoms with van der Waals surface area (Å²) in [5, 5.41) is 0.728. The van der Waals surface area contributed by atoms with Gasteiger partial charge in [-0.15, -0.1) is 0 Å². The second kappa shape index (κ2) is 14.1. The summed E-state index contributed by atoms with van der Waals surface area (Å²) in [6.07, 6.45) is 17.9. The number of aromatic nitrogens is 3. The quantitative estimate of drug-likeness (QED) is 0.325. The molecule has 9 nitrogen and oxygen atoms in total. The summed E-state index contributed by atoms with van der Waals surface area (Å²) in [6, 6.07) is 9.70. The van der Waals surface area contributed by atoms with Crippen LogP contribution in [0.5, 0.6) is 0 Å². The predicted molar refractivity (Wildman–Crippen MR) is 177 cm³/mol. The number of piperazine rings is 1. The van der Waals surface area contributed by atoms with Gasteiger partial charge in [-0.1, -0.05) is 30.2 Å². The molecule has 2 amide bonds. The van der Waals surface area contributed by atoms with Crippen LogP contribution in [0.3, 0.4) is 0 Å². The van der Waals surface area contributed by atoms with E-state index in [0.717, 1.165) is 81.5 Å². The number of carbonyl (C=O) groups is 2. The van der Waals surface area contributed by atoms with Crippen LogP contribution in [-0.4, -0.2) is 85.6 Å². The van der Waals surface area contributed by atoms with Crippen LogP contribution in [-0.2, 0) is 28.9 Å². The lowest BCUT2D eigenvalue weighted by atomic mass is 9.94. The van der Waals surface area contributed by atoms with Crippen molar-refractivity contribution in [3.63, 3.8) is 0 Å². The van der Waals surface area contributed by atoms with E-state index in [0.29, 0.717) is 26.2 Å². The number of fused-ring (bicyclic) bond motifs is 2. The number of hydrogen-bond donors (Lipinski definition) is 0. The fourth-order valence-electron chi connectivity index (χ4n) is 8.11. The third-order valence-electron chi connectivity index (χ3n) is 10.6.